The molecular weight excluding hydrogens is 490 g/mol. The first-order valence-corrected chi connectivity index (χ1v) is 10.7. The molecule has 0 radical (unpaired) electrons. The van der Waals surface area contributed by atoms with E-state index >= 15 is 0 Å². The average Bonchev–Trinajstić information content (AvgIpc) is 2.83. The molecule has 0 spiro atoms. The number of nitrogens with zero attached hydrogens (tertiary/aromatic N) is 2. The zero-order valence-corrected chi connectivity index (χ0v) is 18.2. The van der Waals surface area contributed by atoms with Crippen LogP contribution in [-0.4, -0.2) is 27.2 Å². The van der Waals surface area contributed by atoms with E-state index in [4.69, 9.17) is 0 Å². The van der Waals surface area contributed by atoms with Crippen molar-refractivity contribution in [2.75, 3.05) is 11.1 Å². The Bertz CT molecular complexity index is 1540. The van der Waals surface area contributed by atoms with E-state index in [-0.39, 0.29) is 27.3 Å². The number of amides is 1. The Morgan fingerprint density at radius 2 is 1.69 bits per heavy atom. The van der Waals surface area contributed by atoms with Gasteiger partial charge in [0.2, 0.25) is 5.91 Å². The fraction of sp³-hybridized carbons (Fsp3) is 0.0435. The summed E-state index contributed by atoms with van der Waals surface area (Å²) in [6.45, 7) is 0. The van der Waals surface area contributed by atoms with Gasteiger partial charge in [0.25, 0.3) is 5.56 Å². The van der Waals surface area contributed by atoms with Crippen molar-refractivity contribution < 1.29 is 32.3 Å². The zero-order chi connectivity index (χ0) is 25.3. The van der Waals surface area contributed by atoms with E-state index in [0.717, 1.165) is 40.6 Å². The van der Waals surface area contributed by atoms with Gasteiger partial charge in [-0.15, -0.1) is 0 Å². The van der Waals surface area contributed by atoms with E-state index < -0.39 is 52.1 Å². The molecule has 12 heteroatoms. The van der Waals surface area contributed by atoms with Gasteiger partial charge >= 0.3 is 0 Å². The summed E-state index contributed by atoms with van der Waals surface area (Å²) in [7, 11) is 0. The Labute approximate surface area is 198 Å². The lowest BCUT2D eigenvalue weighted by atomic mass is 10.1. The van der Waals surface area contributed by atoms with E-state index in [0.29, 0.717) is 6.07 Å². The van der Waals surface area contributed by atoms with Crippen LogP contribution in [0, 0.1) is 23.3 Å². The van der Waals surface area contributed by atoms with Crippen LogP contribution in [0.2, 0.25) is 0 Å². The van der Waals surface area contributed by atoms with Gasteiger partial charge in [-0.3, -0.25) is 14.2 Å². The van der Waals surface area contributed by atoms with Gasteiger partial charge in [0.1, 0.15) is 5.82 Å². The first-order valence-electron chi connectivity index (χ1n) is 9.76. The fourth-order valence-corrected chi connectivity index (χ4v) is 3.96. The lowest BCUT2D eigenvalue weighted by molar-refractivity contribution is -0.255. The predicted molar refractivity (Wildman–Crippen MR) is 117 cm³/mol. The monoisotopic (exact) mass is 502 g/mol. The van der Waals surface area contributed by atoms with E-state index in [1.165, 1.54) is 24.3 Å². The number of halogens is 4. The molecular formula is C23H12F4N3O4S-. The molecule has 0 atom stereocenters. The maximum atomic E-state index is 13.9. The molecule has 0 saturated carbocycles. The number of carbonyl (C=O) groups excluding carboxylic acids is 2. The molecule has 0 aliphatic heterocycles. The molecule has 178 valence electrons. The number of benzene rings is 3. The Balaban J connectivity index is 1.71. The van der Waals surface area contributed by atoms with Crippen LogP contribution in [0.4, 0.5) is 23.2 Å². The molecule has 0 bridgehead atoms. The summed E-state index contributed by atoms with van der Waals surface area (Å²) in [4.78, 5) is 41.0. The van der Waals surface area contributed by atoms with Crippen LogP contribution >= 0.6 is 11.8 Å². The molecule has 1 heterocycles. The Morgan fingerprint density at radius 1 is 0.971 bits per heavy atom. The number of rotatable bonds is 6. The van der Waals surface area contributed by atoms with Crippen LogP contribution in [-0.2, 0) is 4.79 Å². The number of carboxylic acids is 1. The Hall–Kier alpha value is -4.19. The number of anilines is 1. The van der Waals surface area contributed by atoms with E-state index in [9.17, 15) is 37.1 Å². The summed E-state index contributed by atoms with van der Waals surface area (Å²) in [5.41, 5.74) is -1.23. The highest BCUT2D eigenvalue weighted by molar-refractivity contribution is 7.99. The van der Waals surface area contributed by atoms with Gasteiger partial charge in [0, 0.05) is 0 Å². The topological polar surface area (TPSA) is 104 Å². The van der Waals surface area contributed by atoms with Crippen molar-refractivity contribution in [3.63, 3.8) is 0 Å². The van der Waals surface area contributed by atoms with Gasteiger partial charge in [-0.05, 0) is 54.1 Å². The molecule has 0 unspecified atom stereocenters. The zero-order valence-electron chi connectivity index (χ0n) is 17.4. The van der Waals surface area contributed by atoms with Crippen LogP contribution in [0.3, 0.4) is 0 Å². The maximum Gasteiger partial charge on any atom is 0.266 e. The predicted octanol–water partition coefficient (Wildman–Crippen LogP) is 3.04. The highest BCUT2D eigenvalue weighted by atomic mass is 32.2. The summed E-state index contributed by atoms with van der Waals surface area (Å²) in [6.07, 6.45) is 0. The fourth-order valence-electron chi connectivity index (χ4n) is 3.15. The molecule has 0 aliphatic rings. The largest absolute Gasteiger partial charge is 0.545 e. The first kappa shape index (κ1) is 24.0. The Morgan fingerprint density at radius 3 is 2.37 bits per heavy atom. The molecule has 0 aliphatic carbocycles. The van der Waals surface area contributed by atoms with E-state index in [1.807, 2.05) is 0 Å². The third kappa shape index (κ3) is 4.87. The minimum Gasteiger partial charge on any atom is -0.545 e. The number of carboxylic acid groups (broad SMARTS) is 1. The second-order valence-electron chi connectivity index (χ2n) is 7.09. The minimum atomic E-state index is -1.75. The van der Waals surface area contributed by atoms with E-state index in [1.54, 1.807) is 0 Å². The summed E-state index contributed by atoms with van der Waals surface area (Å²) >= 11 is 0.723. The molecule has 1 aromatic heterocycles. The number of nitrogens with one attached hydrogen (secondary N) is 1. The number of fused-ring (bicyclic) bond motifs is 1. The van der Waals surface area contributed by atoms with Crippen LogP contribution < -0.4 is 16.0 Å². The standard InChI is InChI=1S/C23H13F4N3O4S/c24-12-2-4-13(5-3-12)30-21(32)14-6-1-11(22(33)34)9-17(14)29-23(30)35-10-18(31)28-16-8-7-15(25)19(26)20(16)27/h1-9H,10H2,(H,28,31)(H,33,34)/p-1. The maximum absolute atomic E-state index is 13.9. The van der Waals surface area contributed by atoms with Gasteiger partial charge in [0.05, 0.1) is 34.0 Å². The van der Waals surface area contributed by atoms with Crippen molar-refractivity contribution in [1.29, 1.82) is 0 Å². The number of hydrogen-bond donors (Lipinski definition) is 1. The first-order chi connectivity index (χ1) is 16.7. The van der Waals surface area contributed by atoms with Crippen molar-refractivity contribution in [2.24, 2.45) is 0 Å². The highest BCUT2D eigenvalue weighted by Gasteiger charge is 2.18. The molecule has 3 aromatic carbocycles. The van der Waals surface area contributed by atoms with Gasteiger partial charge in [-0.1, -0.05) is 17.8 Å². The normalized spacial score (nSPS) is 11.0. The van der Waals surface area contributed by atoms with Crippen molar-refractivity contribution in [1.82, 2.24) is 9.55 Å². The average molecular weight is 502 g/mol. The molecule has 7 nitrogen and oxygen atoms in total. The smallest absolute Gasteiger partial charge is 0.266 e. The number of aromatic carboxylic acids is 1. The summed E-state index contributed by atoms with van der Waals surface area (Å²) in [5.74, 6) is -8.07. The van der Waals surface area contributed by atoms with Gasteiger partial charge in [-0.2, -0.15) is 0 Å². The highest BCUT2D eigenvalue weighted by Crippen LogP contribution is 2.24. The minimum absolute atomic E-state index is 0.00428. The van der Waals surface area contributed by atoms with Crippen LogP contribution in [0.5, 0.6) is 0 Å². The Kier molecular flexibility index (Phi) is 6.56. The van der Waals surface area contributed by atoms with Crippen LogP contribution in [0.1, 0.15) is 10.4 Å². The third-order valence-electron chi connectivity index (χ3n) is 4.80. The van der Waals surface area contributed by atoms with Gasteiger partial charge < -0.3 is 15.2 Å². The van der Waals surface area contributed by atoms with Crippen molar-refractivity contribution in [3.05, 3.63) is 93.8 Å². The summed E-state index contributed by atoms with van der Waals surface area (Å²) in [6, 6.07) is 9.88. The van der Waals surface area contributed by atoms with Crippen molar-refractivity contribution >= 4 is 40.2 Å². The van der Waals surface area contributed by atoms with Crippen molar-refractivity contribution in [3.8, 4) is 5.69 Å². The third-order valence-corrected chi connectivity index (χ3v) is 5.74. The summed E-state index contributed by atoms with van der Waals surface area (Å²) in [5, 5.41) is 13.3. The number of carbonyl (C=O) groups is 2. The lowest BCUT2D eigenvalue weighted by Gasteiger charge is -2.14. The molecule has 4 rings (SSSR count). The molecule has 0 saturated heterocycles. The summed E-state index contributed by atoms with van der Waals surface area (Å²) < 4.78 is 54.9. The SMILES string of the molecule is O=C(CSc1nc2cc(C(=O)[O-])ccc2c(=O)n1-c1ccc(F)cc1)Nc1ccc(F)c(F)c1F. The molecule has 4 aromatic rings. The second kappa shape index (κ2) is 9.58. The van der Waals surface area contributed by atoms with Crippen LogP contribution in [0.25, 0.3) is 16.6 Å². The lowest BCUT2D eigenvalue weighted by Crippen LogP contribution is -2.25. The number of thioether (sulfide) groups is 1. The van der Waals surface area contributed by atoms with E-state index in [2.05, 4.69) is 10.3 Å². The van der Waals surface area contributed by atoms with Crippen molar-refractivity contribution in [2.45, 2.75) is 5.16 Å². The second-order valence-corrected chi connectivity index (χ2v) is 8.03. The number of hydrogen-bond acceptors (Lipinski definition) is 6. The molecule has 35 heavy (non-hydrogen) atoms. The molecule has 1 N–H and O–H groups in total. The number of aromatic nitrogens is 2. The van der Waals surface area contributed by atoms with Crippen LogP contribution in [0.15, 0.2) is 64.5 Å². The molecule has 1 amide bonds. The van der Waals surface area contributed by atoms with Gasteiger partial charge in [-0.25, -0.2) is 22.5 Å². The molecule has 0 fully saturated rings. The quantitative estimate of drug-likeness (QED) is 0.188. The van der Waals surface area contributed by atoms with Gasteiger partial charge in [0.15, 0.2) is 22.6 Å².